The quantitative estimate of drug-likeness (QED) is 0.527. The molecule has 0 spiro atoms. The Labute approximate surface area is 166 Å². The highest BCUT2D eigenvalue weighted by atomic mass is 79.9. The van der Waals surface area contributed by atoms with Gasteiger partial charge in [0.05, 0.1) is 4.47 Å². The number of nitrogens with one attached hydrogen (secondary N) is 1. The van der Waals surface area contributed by atoms with Crippen LogP contribution in [0.4, 0.5) is 5.69 Å². The maximum absolute atomic E-state index is 12.5. The highest BCUT2D eigenvalue weighted by molar-refractivity contribution is 9.11. The smallest absolute Gasteiger partial charge is 0.262 e. The first-order chi connectivity index (χ1) is 11.8. The molecule has 0 bridgehead atoms. The Morgan fingerprint density at radius 2 is 1.64 bits per heavy atom. The van der Waals surface area contributed by atoms with Crippen molar-refractivity contribution in [3.8, 4) is 5.75 Å². The van der Waals surface area contributed by atoms with Crippen LogP contribution in [0.5, 0.6) is 5.75 Å². The number of benzene rings is 2. The number of carbonyl (C=O) groups is 1. The van der Waals surface area contributed by atoms with Crippen molar-refractivity contribution >= 4 is 43.5 Å². The van der Waals surface area contributed by atoms with Gasteiger partial charge in [-0.05, 0) is 57.1 Å². The number of amides is 1. The van der Waals surface area contributed by atoms with Crippen LogP contribution in [0.3, 0.4) is 0 Å². The molecule has 0 saturated heterocycles. The number of rotatable bonds is 6. The highest BCUT2D eigenvalue weighted by Gasteiger charge is 2.16. The second-order valence-electron chi connectivity index (χ2n) is 6.53. The zero-order chi connectivity index (χ0) is 18.6. The van der Waals surface area contributed by atoms with E-state index in [-0.39, 0.29) is 12.5 Å². The molecule has 1 N–H and O–H groups in total. The average molecular weight is 469 g/mol. The van der Waals surface area contributed by atoms with E-state index in [9.17, 15) is 4.79 Å². The molecule has 2 aromatic rings. The summed E-state index contributed by atoms with van der Waals surface area (Å²) in [5.41, 5.74) is 3.20. The summed E-state index contributed by atoms with van der Waals surface area (Å²) in [6.45, 7) is 8.48. The van der Waals surface area contributed by atoms with Gasteiger partial charge < -0.3 is 10.1 Å². The van der Waals surface area contributed by atoms with Crippen molar-refractivity contribution in [3.05, 3.63) is 56.5 Å². The number of para-hydroxylation sites is 1. The highest BCUT2D eigenvalue weighted by Crippen LogP contribution is 2.32. The van der Waals surface area contributed by atoms with E-state index in [0.29, 0.717) is 17.6 Å². The fourth-order valence-electron chi connectivity index (χ4n) is 2.61. The number of hydrogen-bond donors (Lipinski definition) is 1. The standard InChI is InChI=1S/C20H23Br2NO2/c1-12(2)15-6-5-7-16(13(3)4)20(15)23-19(24)11-25-18-9-8-14(21)10-17(18)22/h5-10,12-13H,11H2,1-4H3,(H,23,24). The first-order valence-electron chi connectivity index (χ1n) is 8.30. The number of hydrogen-bond acceptors (Lipinski definition) is 2. The molecule has 2 rings (SSSR count). The second-order valence-corrected chi connectivity index (χ2v) is 8.30. The van der Waals surface area contributed by atoms with Crippen molar-refractivity contribution in [1.82, 2.24) is 0 Å². The molecule has 3 nitrogen and oxygen atoms in total. The van der Waals surface area contributed by atoms with Gasteiger partial charge in [-0.1, -0.05) is 61.8 Å². The minimum absolute atomic E-state index is 0.0375. The van der Waals surface area contributed by atoms with E-state index in [2.05, 4.69) is 83.1 Å². The molecule has 1 amide bonds. The third-order valence-electron chi connectivity index (χ3n) is 3.89. The van der Waals surface area contributed by atoms with E-state index in [4.69, 9.17) is 4.74 Å². The molecular formula is C20H23Br2NO2. The van der Waals surface area contributed by atoms with Crippen molar-refractivity contribution in [2.75, 3.05) is 11.9 Å². The zero-order valence-corrected chi connectivity index (χ0v) is 18.1. The SMILES string of the molecule is CC(C)c1cccc(C(C)C)c1NC(=O)COc1ccc(Br)cc1Br. The molecule has 25 heavy (non-hydrogen) atoms. The number of ether oxygens (including phenoxy) is 1. The van der Waals surface area contributed by atoms with Crippen molar-refractivity contribution in [2.24, 2.45) is 0 Å². The van der Waals surface area contributed by atoms with E-state index >= 15 is 0 Å². The van der Waals surface area contributed by atoms with Gasteiger partial charge in [-0.3, -0.25) is 4.79 Å². The van der Waals surface area contributed by atoms with Crippen LogP contribution in [0.1, 0.15) is 50.7 Å². The lowest BCUT2D eigenvalue weighted by atomic mass is 9.92. The Kier molecular flexibility index (Phi) is 7.08. The van der Waals surface area contributed by atoms with E-state index < -0.39 is 0 Å². The van der Waals surface area contributed by atoms with Gasteiger partial charge >= 0.3 is 0 Å². The predicted octanol–water partition coefficient (Wildman–Crippen LogP) is 6.48. The molecule has 0 aliphatic carbocycles. The van der Waals surface area contributed by atoms with Gasteiger partial charge in [-0.2, -0.15) is 0 Å². The van der Waals surface area contributed by atoms with Crippen LogP contribution in [0.25, 0.3) is 0 Å². The zero-order valence-electron chi connectivity index (χ0n) is 14.9. The van der Waals surface area contributed by atoms with Crippen molar-refractivity contribution in [1.29, 1.82) is 0 Å². The lowest BCUT2D eigenvalue weighted by Crippen LogP contribution is -2.22. The first kappa shape index (κ1) is 20.0. The Morgan fingerprint density at radius 1 is 1.04 bits per heavy atom. The molecule has 0 aromatic heterocycles. The number of anilines is 1. The van der Waals surface area contributed by atoms with Gasteiger partial charge in [0.15, 0.2) is 6.61 Å². The average Bonchev–Trinajstić information content (AvgIpc) is 2.53. The normalized spacial score (nSPS) is 11.0. The van der Waals surface area contributed by atoms with Crippen molar-refractivity contribution in [3.63, 3.8) is 0 Å². The first-order valence-corrected chi connectivity index (χ1v) is 9.88. The Hall–Kier alpha value is -1.33. The van der Waals surface area contributed by atoms with Gasteiger partial charge in [-0.15, -0.1) is 0 Å². The summed E-state index contributed by atoms with van der Waals surface area (Å²) < 4.78 is 7.40. The van der Waals surface area contributed by atoms with E-state index in [1.807, 2.05) is 18.2 Å². The molecule has 0 fully saturated rings. The van der Waals surface area contributed by atoms with Gasteiger partial charge in [0.2, 0.25) is 0 Å². The molecule has 2 aromatic carbocycles. The lowest BCUT2D eigenvalue weighted by Gasteiger charge is -2.20. The summed E-state index contributed by atoms with van der Waals surface area (Å²) in [6.07, 6.45) is 0. The van der Waals surface area contributed by atoms with Gasteiger partial charge in [0.25, 0.3) is 5.91 Å². The van der Waals surface area contributed by atoms with Crippen molar-refractivity contribution < 1.29 is 9.53 Å². The van der Waals surface area contributed by atoms with E-state index in [1.54, 1.807) is 0 Å². The van der Waals surface area contributed by atoms with Gasteiger partial charge in [0, 0.05) is 10.2 Å². The molecule has 0 heterocycles. The minimum atomic E-state index is -0.162. The van der Waals surface area contributed by atoms with Crippen LogP contribution in [-0.4, -0.2) is 12.5 Å². The molecule has 0 aliphatic heterocycles. The monoisotopic (exact) mass is 467 g/mol. The maximum atomic E-state index is 12.5. The molecule has 0 saturated carbocycles. The molecule has 5 heteroatoms. The van der Waals surface area contributed by atoms with Crippen LogP contribution in [0.2, 0.25) is 0 Å². The predicted molar refractivity (Wildman–Crippen MR) is 111 cm³/mol. The fraction of sp³-hybridized carbons (Fsp3) is 0.350. The molecular weight excluding hydrogens is 446 g/mol. The fourth-order valence-corrected chi connectivity index (χ4v) is 3.77. The summed E-state index contributed by atoms with van der Waals surface area (Å²) in [6, 6.07) is 11.8. The van der Waals surface area contributed by atoms with E-state index in [1.165, 1.54) is 0 Å². The Morgan fingerprint density at radius 3 is 2.16 bits per heavy atom. The minimum Gasteiger partial charge on any atom is -0.483 e. The maximum Gasteiger partial charge on any atom is 0.262 e. The van der Waals surface area contributed by atoms with Crippen LogP contribution in [0.15, 0.2) is 45.3 Å². The lowest BCUT2D eigenvalue weighted by molar-refractivity contribution is -0.118. The van der Waals surface area contributed by atoms with Crippen LogP contribution in [0, 0.1) is 0 Å². The van der Waals surface area contributed by atoms with Crippen LogP contribution in [-0.2, 0) is 4.79 Å². The molecule has 0 unspecified atom stereocenters. The number of halogens is 2. The van der Waals surface area contributed by atoms with Gasteiger partial charge in [0.1, 0.15) is 5.75 Å². The molecule has 0 aliphatic rings. The number of carbonyl (C=O) groups excluding carboxylic acids is 1. The summed E-state index contributed by atoms with van der Waals surface area (Å²) in [4.78, 5) is 12.5. The Balaban J connectivity index is 2.14. The summed E-state index contributed by atoms with van der Waals surface area (Å²) in [5.74, 6) is 1.13. The Bertz CT molecular complexity index is 731. The van der Waals surface area contributed by atoms with Crippen molar-refractivity contribution in [2.45, 2.75) is 39.5 Å². The van der Waals surface area contributed by atoms with E-state index in [0.717, 1.165) is 25.8 Å². The molecule has 0 atom stereocenters. The second kappa shape index (κ2) is 8.86. The van der Waals surface area contributed by atoms with Crippen LogP contribution >= 0.6 is 31.9 Å². The summed E-state index contributed by atoms with van der Waals surface area (Å²) in [5, 5.41) is 3.05. The molecule has 134 valence electrons. The summed E-state index contributed by atoms with van der Waals surface area (Å²) in [7, 11) is 0. The van der Waals surface area contributed by atoms with Gasteiger partial charge in [-0.25, -0.2) is 0 Å². The topological polar surface area (TPSA) is 38.3 Å². The summed E-state index contributed by atoms with van der Waals surface area (Å²) >= 11 is 6.84. The van der Waals surface area contributed by atoms with Crippen LogP contribution < -0.4 is 10.1 Å². The third kappa shape index (κ3) is 5.32. The molecule has 0 radical (unpaired) electrons. The third-order valence-corrected chi connectivity index (χ3v) is 5.00. The largest absolute Gasteiger partial charge is 0.483 e.